The lowest BCUT2D eigenvalue weighted by molar-refractivity contribution is 0.111. The van der Waals surface area contributed by atoms with Crippen LogP contribution in [0.15, 0.2) is 0 Å². The smallest absolute Gasteiger partial charge is 0.0286 e. The van der Waals surface area contributed by atoms with Gasteiger partial charge in [-0.15, -0.1) is 0 Å². The van der Waals surface area contributed by atoms with Crippen LogP contribution in [0.3, 0.4) is 0 Å². The molecule has 0 amide bonds. The Labute approximate surface area is 69.8 Å². The maximum atomic E-state index is 4.01. The number of hydrogen-bond acceptors (Lipinski definition) is 1. The first-order valence-electron chi connectivity index (χ1n) is 4.86. The molecule has 0 aromatic rings. The van der Waals surface area contributed by atoms with Crippen LogP contribution < -0.4 is 0 Å². The molecule has 0 bridgehead atoms. The van der Waals surface area contributed by atoms with Crippen molar-refractivity contribution in [2.24, 2.45) is 5.41 Å². The second-order valence-electron chi connectivity index (χ2n) is 4.33. The van der Waals surface area contributed by atoms with Crippen LogP contribution in [0.2, 0.25) is 0 Å². The Morgan fingerprint density at radius 2 is 1.64 bits per heavy atom. The molecule has 1 aliphatic heterocycles. The van der Waals surface area contributed by atoms with E-state index in [2.05, 4.69) is 11.9 Å². The van der Waals surface area contributed by atoms with E-state index in [1.165, 1.54) is 51.6 Å². The van der Waals surface area contributed by atoms with Gasteiger partial charge in [-0.2, -0.15) is 0 Å². The summed E-state index contributed by atoms with van der Waals surface area (Å²) >= 11 is 0. The summed E-state index contributed by atoms with van der Waals surface area (Å²) in [6.07, 6.45) is 8.75. The Kier molecular flexibility index (Phi) is 1.92. The Bertz CT molecular complexity index is 138. The standard InChI is InChI=1S/C10H18N/c1-11-8-3-6-10(7-9-11)4-2-5-10/h1-9H2/q-1. The van der Waals surface area contributed by atoms with E-state index in [1.54, 1.807) is 0 Å². The van der Waals surface area contributed by atoms with Crippen LogP contribution in [0.25, 0.3) is 0 Å². The molecule has 1 heteroatoms. The molecule has 1 spiro atoms. The second kappa shape index (κ2) is 2.78. The van der Waals surface area contributed by atoms with E-state index in [0.29, 0.717) is 0 Å². The highest BCUT2D eigenvalue weighted by Crippen LogP contribution is 2.48. The molecule has 1 saturated carbocycles. The van der Waals surface area contributed by atoms with Crippen molar-refractivity contribution >= 4 is 0 Å². The molecule has 0 unspecified atom stereocenters. The molecule has 1 heterocycles. The summed E-state index contributed by atoms with van der Waals surface area (Å²) in [5.41, 5.74) is 0.784. The fourth-order valence-corrected chi connectivity index (χ4v) is 2.49. The Hall–Kier alpha value is -0.0400. The highest BCUT2D eigenvalue weighted by atomic mass is 15.1. The van der Waals surface area contributed by atoms with Crippen molar-refractivity contribution in [3.63, 3.8) is 0 Å². The zero-order valence-corrected chi connectivity index (χ0v) is 7.31. The zero-order chi connectivity index (χ0) is 7.73. The highest BCUT2D eigenvalue weighted by Gasteiger charge is 2.36. The van der Waals surface area contributed by atoms with Crippen LogP contribution in [0.4, 0.5) is 0 Å². The van der Waals surface area contributed by atoms with Gasteiger partial charge in [-0.3, -0.25) is 7.05 Å². The van der Waals surface area contributed by atoms with Gasteiger partial charge in [-0.05, 0) is 50.6 Å². The summed E-state index contributed by atoms with van der Waals surface area (Å²) in [6.45, 7) is 2.46. The van der Waals surface area contributed by atoms with Crippen molar-refractivity contribution in [1.29, 1.82) is 0 Å². The Morgan fingerprint density at radius 3 is 2.27 bits per heavy atom. The molecule has 2 fully saturated rings. The predicted octanol–water partition coefficient (Wildman–Crippen LogP) is 2.43. The maximum Gasteiger partial charge on any atom is -0.0286 e. The third kappa shape index (κ3) is 1.44. The van der Waals surface area contributed by atoms with E-state index >= 15 is 0 Å². The van der Waals surface area contributed by atoms with E-state index in [1.807, 2.05) is 0 Å². The van der Waals surface area contributed by atoms with Gasteiger partial charge in [0.1, 0.15) is 0 Å². The number of rotatable bonds is 0. The lowest BCUT2D eigenvalue weighted by Gasteiger charge is -2.41. The van der Waals surface area contributed by atoms with Gasteiger partial charge in [0.25, 0.3) is 0 Å². The first kappa shape index (κ1) is 7.60. The van der Waals surface area contributed by atoms with Crippen molar-refractivity contribution in [2.75, 3.05) is 13.1 Å². The van der Waals surface area contributed by atoms with Crippen molar-refractivity contribution in [3.8, 4) is 0 Å². The lowest BCUT2D eigenvalue weighted by Crippen LogP contribution is -2.30. The van der Waals surface area contributed by atoms with Crippen molar-refractivity contribution < 1.29 is 0 Å². The molecule has 0 atom stereocenters. The molecule has 1 saturated heterocycles. The van der Waals surface area contributed by atoms with Gasteiger partial charge in [0.15, 0.2) is 0 Å². The molecule has 2 aliphatic rings. The molecule has 11 heavy (non-hydrogen) atoms. The topological polar surface area (TPSA) is 3.24 Å². The molecule has 0 N–H and O–H groups in total. The van der Waals surface area contributed by atoms with Crippen LogP contribution >= 0.6 is 0 Å². The maximum absolute atomic E-state index is 4.01. The van der Waals surface area contributed by atoms with Gasteiger partial charge >= 0.3 is 0 Å². The summed E-state index contributed by atoms with van der Waals surface area (Å²) in [5.74, 6) is 0. The molecule has 0 aromatic carbocycles. The third-order valence-corrected chi connectivity index (χ3v) is 3.55. The van der Waals surface area contributed by atoms with Gasteiger partial charge in [0, 0.05) is 0 Å². The van der Waals surface area contributed by atoms with Gasteiger partial charge in [0.2, 0.25) is 0 Å². The van der Waals surface area contributed by atoms with Crippen LogP contribution in [0, 0.1) is 12.5 Å². The highest BCUT2D eigenvalue weighted by molar-refractivity contribution is 4.90. The molecular weight excluding hydrogens is 134 g/mol. The van der Waals surface area contributed by atoms with Crippen molar-refractivity contribution in [2.45, 2.75) is 38.5 Å². The largest absolute Gasteiger partial charge is 0.459 e. The minimum absolute atomic E-state index is 0.784. The molecule has 64 valence electrons. The fourth-order valence-electron chi connectivity index (χ4n) is 2.49. The molecule has 0 radical (unpaired) electrons. The minimum Gasteiger partial charge on any atom is -0.459 e. The molecule has 0 aromatic heterocycles. The zero-order valence-electron chi connectivity index (χ0n) is 7.31. The third-order valence-electron chi connectivity index (χ3n) is 3.55. The Balaban J connectivity index is 1.92. The SMILES string of the molecule is [CH2-]N1CCCC2(CCC2)CC1. The second-order valence-corrected chi connectivity index (χ2v) is 4.33. The van der Waals surface area contributed by atoms with Crippen LogP contribution in [-0.2, 0) is 0 Å². The molecule has 1 aliphatic carbocycles. The average Bonchev–Trinajstić information content (AvgIpc) is 2.09. The summed E-state index contributed by atoms with van der Waals surface area (Å²) in [4.78, 5) is 2.24. The molecule has 2 rings (SSSR count). The summed E-state index contributed by atoms with van der Waals surface area (Å²) < 4.78 is 0. The monoisotopic (exact) mass is 152 g/mol. The number of hydrogen-bond donors (Lipinski definition) is 0. The molecule has 1 nitrogen and oxygen atoms in total. The lowest BCUT2D eigenvalue weighted by atomic mass is 9.64. The van der Waals surface area contributed by atoms with Gasteiger partial charge in [-0.25, -0.2) is 0 Å². The first-order valence-corrected chi connectivity index (χ1v) is 4.86. The average molecular weight is 152 g/mol. The number of nitrogens with zero attached hydrogens (tertiary/aromatic N) is 1. The quantitative estimate of drug-likeness (QED) is 0.482. The Morgan fingerprint density at radius 1 is 0.909 bits per heavy atom. The van der Waals surface area contributed by atoms with Crippen LogP contribution in [0.5, 0.6) is 0 Å². The van der Waals surface area contributed by atoms with Crippen molar-refractivity contribution in [3.05, 3.63) is 7.05 Å². The predicted molar refractivity (Wildman–Crippen MR) is 47.1 cm³/mol. The van der Waals surface area contributed by atoms with Gasteiger partial charge in [0.05, 0.1) is 0 Å². The van der Waals surface area contributed by atoms with Gasteiger partial charge < -0.3 is 4.90 Å². The summed E-state index contributed by atoms with van der Waals surface area (Å²) in [7, 11) is 4.01. The minimum atomic E-state index is 0.784. The van der Waals surface area contributed by atoms with Crippen LogP contribution in [0.1, 0.15) is 38.5 Å². The number of likely N-dealkylation sites (tertiary alicyclic amines) is 1. The van der Waals surface area contributed by atoms with E-state index in [4.69, 9.17) is 0 Å². The van der Waals surface area contributed by atoms with E-state index < -0.39 is 0 Å². The summed E-state index contributed by atoms with van der Waals surface area (Å²) in [6, 6.07) is 0. The van der Waals surface area contributed by atoms with E-state index in [0.717, 1.165) is 5.41 Å². The van der Waals surface area contributed by atoms with Gasteiger partial charge in [-0.1, -0.05) is 6.42 Å². The fraction of sp³-hybridized carbons (Fsp3) is 0.900. The van der Waals surface area contributed by atoms with Crippen LogP contribution in [-0.4, -0.2) is 18.0 Å². The van der Waals surface area contributed by atoms with E-state index in [-0.39, 0.29) is 0 Å². The molecular formula is C10H18N-. The van der Waals surface area contributed by atoms with Crippen molar-refractivity contribution in [1.82, 2.24) is 4.90 Å². The van der Waals surface area contributed by atoms with E-state index in [9.17, 15) is 0 Å². The summed E-state index contributed by atoms with van der Waals surface area (Å²) in [5, 5.41) is 0. The normalized spacial score (nSPS) is 31.4. The first-order chi connectivity index (χ1) is 5.31.